The molecule has 0 bridgehead atoms. The van der Waals surface area contributed by atoms with Crippen molar-refractivity contribution in [2.24, 2.45) is 11.5 Å². The van der Waals surface area contributed by atoms with Crippen molar-refractivity contribution in [2.75, 3.05) is 6.54 Å². The van der Waals surface area contributed by atoms with E-state index in [1.807, 2.05) is 24.3 Å². The Morgan fingerprint density at radius 2 is 2.16 bits per heavy atom. The highest BCUT2D eigenvalue weighted by Crippen LogP contribution is 2.24. The fraction of sp³-hybridized carbons (Fsp3) is 0.286. The number of nitrogens with two attached hydrogens (primary N) is 2. The summed E-state index contributed by atoms with van der Waals surface area (Å²) in [7, 11) is 0. The van der Waals surface area contributed by atoms with Crippen LogP contribution in [0.1, 0.15) is 18.2 Å². The molecular weight excluding hydrogens is 240 g/mol. The van der Waals surface area contributed by atoms with Gasteiger partial charge in [0.25, 0.3) is 0 Å². The summed E-state index contributed by atoms with van der Waals surface area (Å²) in [6, 6.07) is 7.45. The van der Waals surface area contributed by atoms with Crippen molar-refractivity contribution in [1.82, 2.24) is 9.88 Å². The van der Waals surface area contributed by atoms with Crippen LogP contribution in [0.2, 0.25) is 0 Å². The van der Waals surface area contributed by atoms with Gasteiger partial charge in [0.2, 0.25) is 5.91 Å². The molecule has 1 saturated heterocycles. The molecule has 4 N–H and O–H groups in total. The lowest BCUT2D eigenvalue weighted by molar-refractivity contribution is -0.130. The first kappa shape index (κ1) is 12.1. The summed E-state index contributed by atoms with van der Waals surface area (Å²) < 4.78 is 0. The number of benzene rings is 1. The van der Waals surface area contributed by atoms with Crippen molar-refractivity contribution in [3.63, 3.8) is 0 Å². The molecule has 19 heavy (non-hydrogen) atoms. The molecule has 1 aromatic carbocycles. The number of likely N-dealkylation sites (tertiary alicyclic amines) is 1. The average molecular weight is 256 g/mol. The Balaban J connectivity index is 1.93. The van der Waals surface area contributed by atoms with Crippen molar-refractivity contribution in [1.29, 1.82) is 0 Å². The Bertz CT molecular complexity index is 628. The normalized spacial score (nSPS) is 21.1. The Kier molecular flexibility index (Phi) is 2.93. The maximum Gasteiger partial charge on any atom is 0.241 e. The molecule has 1 fully saturated rings. The first-order valence-corrected chi connectivity index (χ1v) is 6.32. The number of carbonyl (C=O) groups excluding carboxylic acids is 1. The highest BCUT2D eigenvalue weighted by molar-refractivity contribution is 5.85. The van der Waals surface area contributed by atoms with Crippen LogP contribution < -0.4 is 11.5 Å². The molecule has 1 aliphatic rings. The van der Waals surface area contributed by atoms with Crippen LogP contribution >= 0.6 is 0 Å². The summed E-state index contributed by atoms with van der Waals surface area (Å²) in [5.74, 6) is -0.0706. The molecular formula is C14H16N4O. The highest BCUT2D eigenvalue weighted by Gasteiger charge is 2.32. The molecule has 2 aromatic rings. The lowest BCUT2D eigenvalue weighted by Gasteiger charge is -2.24. The van der Waals surface area contributed by atoms with Crippen LogP contribution in [0.25, 0.3) is 10.8 Å². The van der Waals surface area contributed by atoms with E-state index in [2.05, 4.69) is 4.98 Å². The Morgan fingerprint density at radius 3 is 2.89 bits per heavy atom. The smallest absolute Gasteiger partial charge is 0.241 e. The molecule has 2 heterocycles. The van der Waals surface area contributed by atoms with Crippen molar-refractivity contribution in [3.8, 4) is 0 Å². The maximum absolute atomic E-state index is 11.9. The number of fused-ring (bicyclic) bond motifs is 1. The van der Waals surface area contributed by atoms with E-state index in [0.717, 1.165) is 16.3 Å². The molecule has 0 saturated carbocycles. The van der Waals surface area contributed by atoms with Gasteiger partial charge in [-0.05, 0) is 29.5 Å². The van der Waals surface area contributed by atoms with Gasteiger partial charge in [0.15, 0.2) is 0 Å². The monoisotopic (exact) mass is 256 g/mol. The summed E-state index contributed by atoms with van der Waals surface area (Å²) in [6.45, 7) is 0.617. The molecule has 5 heteroatoms. The zero-order valence-corrected chi connectivity index (χ0v) is 10.5. The topological polar surface area (TPSA) is 85.2 Å². The third-order valence-electron chi connectivity index (χ3n) is 3.62. The molecule has 3 rings (SSSR count). The lowest BCUT2D eigenvalue weighted by atomic mass is 10.1. The number of rotatable bonds is 2. The zero-order valence-electron chi connectivity index (χ0n) is 10.5. The largest absolute Gasteiger partial charge is 0.322 e. The predicted octanol–water partition coefficient (Wildman–Crippen LogP) is 0.752. The number of hydrogen-bond acceptors (Lipinski definition) is 4. The van der Waals surface area contributed by atoms with Crippen molar-refractivity contribution < 1.29 is 4.79 Å². The Morgan fingerprint density at radius 1 is 1.32 bits per heavy atom. The molecule has 98 valence electrons. The summed E-state index contributed by atoms with van der Waals surface area (Å²) in [6.07, 6.45) is 3.78. The minimum atomic E-state index is -0.439. The Labute approximate surface area is 111 Å². The minimum Gasteiger partial charge on any atom is -0.322 e. The van der Waals surface area contributed by atoms with Crippen LogP contribution in [-0.4, -0.2) is 28.4 Å². The molecule has 1 amide bonds. The van der Waals surface area contributed by atoms with E-state index in [0.29, 0.717) is 13.0 Å². The van der Waals surface area contributed by atoms with Crippen LogP contribution in [0.4, 0.5) is 0 Å². The third kappa shape index (κ3) is 2.07. The van der Waals surface area contributed by atoms with E-state index in [-0.39, 0.29) is 5.91 Å². The number of aromatic nitrogens is 1. The number of pyridine rings is 1. The molecule has 5 nitrogen and oxygen atoms in total. The molecule has 1 unspecified atom stereocenters. The van der Waals surface area contributed by atoms with Crippen molar-refractivity contribution in [2.45, 2.75) is 18.6 Å². The second kappa shape index (κ2) is 4.60. The number of amides is 1. The lowest BCUT2D eigenvalue weighted by Crippen LogP contribution is -2.40. The van der Waals surface area contributed by atoms with Crippen LogP contribution in [0.15, 0.2) is 36.7 Å². The summed E-state index contributed by atoms with van der Waals surface area (Å²) in [5, 5.41) is 2.13. The second-order valence-corrected chi connectivity index (χ2v) is 4.85. The van der Waals surface area contributed by atoms with E-state index < -0.39 is 12.2 Å². The van der Waals surface area contributed by atoms with Gasteiger partial charge in [-0.3, -0.25) is 9.78 Å². The second-order valence-electron chi connectivity index (χ2n) is 4.85. The summed E-state index contributed by atoms with van der Waals surface area (Å²) in [5.41, 5.74) is 12.8. The highest BCUT2D eigenvalue weighted by atomic mass is 16.2. The minimum absolute atomic E-state index is 0.0706. The van der Waals surface area contributed by atoms with Crippen molar-refractivity contribution in [3.05, 3.63) is 42.2 Å². The van der Waals surface area contributed by atoms with Crippen LogP contribution in [-0.2, 0) is 4.79 Å². The van der Waals surface area contributed by atoms with E-state index in [9.17, 15) is 4.79 Å². The number of hydrogen-bond donors (Lipinski definition) is 2. The fourth-order valence-corrected chi connectivity index (χ4v) is 2.47. The van der Waals surface area contributed by atoms with E-state index in [1.54, 1.807) is 17.3 Å². The number of carbonyl (C=O) groups is 1. The van der Waals surface area contributed by atoms with E-state index >= 15 is 0 Å². The van der Waals surface area contributed by atoms with Gasteiger partial charge < -0.3 is 16.4 Å². The average Bonchev–Trinajstić information content (AvgIpc) is 2.78. The van der Waals surface area contributed by atoms with Gasteiger partial charge in [-0.25, -0.2) is 0 Å². The standard InChI is InChI=1S/C14H16N4O/c15-12-4-6-18(14(12)19)13(16)10-2-1-9-3-5-17-8-11(9)7-10/h1-3,5,7-8,12-13H,4,6,15-16H2/t12-,13?/m0/s1. The quantitative estimate of drug-likeness (QED) is 0.830. The molecule has 0 radical (unpaired) electrons. The zero-order chi connectivity index (χ0) is 13.4. The van der Waals surface area contributed by atoms with Crippen LogP contribution in [0.5, 0.6) is 0 Å². The van der Waals surface area contributed by atoms with Gasteiger partial charge in [-0.15, -0.1) is 0 Å². The first-order chi connectivity index (χ1) is 9.16. The van der Waals surface area contributed by atoms with E-state index in [4.69, 9.17) is 11.5 Å². The van der Waals surface area contributed by atoms with Crippen LogP contribution in [0, 0.1) is 0 Å². The fourth-order valence-electron chi connectivity index (χ4n) is 2.47. The summed E-state index contributed by atoms with van der Waals surface area (Å²) >= 11 is 0. The molecule has 1 aliphatic heterocycles. The SMILES string of the molecule is NC(c1ccc2ccncc2c1)N1CC[C@H](N)C1=O. The van der Waals surface area contributed by atoms with Gasteiger partial charge in [-0.2, -0.15) is 0 Å². The van der Waals surface area contributed by atoms with Crippen molar-refractivity contribution >= 4 is 16.7 Å². The summed E-state index contributed by atoms with van der Waals surface area (Å²) in [4.78, 5) is 17.6. The predicted molar refractivity (Wildman–Crippen MR) is 73.0 cm³/mol. The van der Waals surface area contributed by atoms with E-state index in [1.165, 1.54) is 0 Å². The molecule has 1 aromatic heterocycles. The van der Waals surface area contributed by atoms with Gasteiger partial charge in [-0.1, -0.05) is 12.1 Å². The van der Waals surface area contributed by atoms with Gasteiger partial charge in [0.1, 0.15) is 6.17 Å². The first-order valence-electron chi connectivity index (χ1n) is 6.32. The third-order valence-corrected chi connectivity index (χ3v) is 3.62. The Hall–Kier alpha value is -1.98. The van der Waals surface area contributed by atoms with Gasteiger partial charge >= 0.3 is 0 Å². The van der Waals surface area contributed by atoms with Crippen LogP contribution in [0.3, 0.4) is 0 Å². The molecule has 2 atom stereocenters. The maximum atomic E-state index is 11.9. The van der Waals surface area contributed by atoms with Gasteiger partial charge in [0.05, 0.1) is 6.04 Å². The van der Waals surface area contributed by atoms with Gasteiger partial charge in [0, 0.05) is 24.3 Å². The number of nitrogens with zero attached hydrogens (tertiary/aromatic N) is 2. The molecule has 0 spiro atoms. The molecule has 0 aliphatic carbocycles.